The van der Waals surface area contributed by atoms with Gasteiger partial charge in [-0.15, -0.1) is 0 Å². The van der Waals surface area contributed by atoms with Gasteiger partial charge in [0.2, 0.25) is 0 Å². The number of anilines is 1. The van der Waals surface area contributed by atoms with Crippen molar-refractivity contribution < 1.29 is 9.59 Å². The Balaban J connectivity index is 2.22. The molecule has 0 bridgehead atoms. The summed E-state index contributed by atoms with van der Waals surface area (Å²) in [5.41, 5.74) is 5.95. The molecule has 1 saturated heterocycles. The first-order chi connectivity index (χ1) is 12.3. The molecule has 0 atom stereocenters. The number of carbonyl (C=O) groups excluding carboxylic acids is 2. The monoisotopic (exact) mass is 375 g/mol. The Kier molecular flexibility index (Phi) is 5.82. The van der Waals surface area contributed by atoms with Crippen LogP contribution in [0.15, 0.2) is 6.07 Å². The minimum Gasteiger partial charge on any atom is -0.361 e. The Morgan fingerprint density at radius 1 is 1.07 bits per heavy atom. The number of nitrogens with two attached hydrogens (primary N) is 1. The normalized spacial score (nSPS) is 16.3. The third-order valence-electron chi connectivity index (χ3n) is 5.02. The van der Waals surface area contributed by atoms with Gasteiger partial charge in [-0.3, -0.25) is 9.59 Å². The van der Waals surface area contributed by atoms with Crippen LogP contribution in [0.4, 0.5) is 5.82 Å². The second kappa shape index (κ2) is 7.44. The van der Waals surface area contributed by atoms with Crippen LogP contribution in [0.5, 0.6) is 0 Å². The minimum absolute atomic E-state index is 0.0206. The van der Waals surface area contributed by atoms with Crippen LogP contribution in [0.3, 0.4) is 0 Å². The molecule has 2 rings (SSSR count). The summed E-state index contributed by atoms with van der Waals surface area (Å²) in [6.45, 7) is 14.4. The number of nitrogens with zero attached hydrogens (tertiary/aromatic N) is 4. The first-order valence-electron chi connectivity index (χ1n) is 9.52. The number of primary amides is 1. The molecule has 0 unspecified atom stereocenters. The van der Waals surface area contributed by atoms with Crippen LogP contribution in [0, 0.1) is 0 Å². The zero-order chi connectivity index (χ0) is 20.6. The van der Waals surface area contributed by atoms with E-state index in [1.807, 2.05) is 0 Å². The molecular formula is C20H33N5O2. The molecule has 2 N–H and O–H groups in total. The lowest BCUT2D eigenvalue weighted by molar-refractivity contribution is -0.144. The number of hydrogen-bond donors (Lipinski definition) is 1. The van der Waals surface area contributed by atoms with E-state index in [1.165, 1.54) is 4.90 Å². The van der Waals surface area contributed by atoms with Gasteiger partial charge in [0.25, 0.3) is 0 Å². The molecule has 1 aliphatic heterocycles. The lowest BCUT2D eigenvalue weighted by Gasteiger charge is -2.37. The molecule has 0 saturated carbocycles. The molecular weight excluding hydrogens is 342 g/mol. The molecule has 0 aliphatic carbocycles. The van der Waals surface area contributed by atoms with Crippen molar-refractivity contribution in [3.63, 3.8) is 0 Å². The van der Waals surface area contributed by atoms with Crippen molar-refractivity contribution in [2.45, 2.75) is 71.3 Å². The Labute approximate surface area is 162 Å². The van der Waals surface area contributed by atoms with Gasteiger partial charge in [0.05, 0.1) is 5.69 Å². The van der Waals surface area contributed by atoms with E-state index in [0.717, 1.165) is 43.3 Å². The fraction of sp³-hybridized carbons (Fsp3) is 0.700. The molecule has 7 heteroatoms. The molecule has 2 heterocycles. The van der Waals surface area contributed by atoms with Crippen molar-refractivity contribution in [1.29, 1.82) is 0 Å². The highest BCUT2D eigenvalue weighted by Crippen LogP contribution is 2.29. The van der Waals surface area contributed by atoms with Gasteiger partial charge in [-0.2, -0.15) is 0 Å². The van der Waals surface area contributed by atoms with Crippen molar-refractivity contribution >= 4 is 17.6 Å². The zero-order valence-corrected chi connectivity index (χ0v) is 17.7. The summed E-state index contributed by atoms with van der Waals surface area (Å²) in [6.07, 6.45) is 1.55. The van der Waals surface area contributed by atoms with Gasteiger partial charge in [0.15, 0.2) is 0 Å². The molecule has 1 fully saturated rings. The Morgan fingerprint density at radius 3 is 2.07 bits per heavy atom. The van der Waals surface area contributed by atoms with Gasteiger partial charge in [-0.05, 0) is 12.8 Å². The fourth-order valence-electron chi connectivity index (χ4n) is 3.14. The third-order valence-corrected chi connectivity index (χ3v) is 5.02. The summed E-state index contributed by atoms with van der Waals surface area (Å²) in [7, 11) is 1.65. The van der Waals surface area contributed by atoms with Gasteiger partial charge in [0.1, 0.15) is 11.6 Å². The molecule has 150 valence electrons. The number of piperidine rings is 1. The van der Waals surface area contributed by atoms with Gasteiger partial charge < -0.3 is 15.5 Å². The summed E-state index contributed by atoms with van der Waals surface area (Å²) in [5, 5.41) is 0. The van der Waals surface area contributed by atoms with E-state index in [0.29, 0.717) is 0 Å². The molecule has 0 radical (unpaired) electrons. The molecule has 0 aromatic carbocycles. The average molecular weight is 376 g/mol. The van der Waals surface area contributed by atoms with E-state index in [-0.39, 0.29) is 16.9 Å². The Morgan fingerprint density at radius 2 is 1.63 bits per heavy atom. The minimum atomic E-state index is -0.902. The number of hydrogen-bond acceptors (Lipinski definition) is 5. The average Bonchev–Trinajstić information content (AvgIpc) is 2.58. The Bertz CT molecular complexity index is 678. The van der Waals surface area contributed by atoms with Crippen molar-refractivity contribution in [1.82, 2.24) is 14.9 Å². The van der Waals surface area contributed by atoms with Crippen LogP contribution < -0.4 is 10.6 Å². The highest BCUT2D eigenvalue weighted by molar-refractivity contribution is 6.34. The molecule has 0 spiro atoms. The van der Waals surface area contributed by atoms with E-state index in [4.69, 9.17) is 15.7 Å². The number of carbonyl (C=O) groups is 2. The maximum absolute atomic E-state index is 11.8. The predicted molar refractivity (Wildman–Crippen MR) is 107 cm³/mol. The molecule has 1 aliphatic rings. The van der Waals surface area contributed by atoms with Crippen LogP contribution in [0.2, 0.25) is 0 Å². The summed E-state index contributed by atoms with van der Waals surface area (Å²) in [4.78, 5) is 36.3. The zero-order valence-electron chi connectivity index (χ0n) is 17.7. The van der Waals surface area contributed by atoms with Crippen molar-refractivity contribution in [3.8, 4) is 0 Å². The molecule has 2 amide bonds. The topological polar surface area (TPSA) is 92.4 Å². The quantitative estimate of drug-likeness (QED) is 0.798. The van der Waals surface area contributed by atoms with E-state index in [1.54, 1.807) is 7.05 Å². The number of rotatable bonds is 2. The first kappa shape index (κ1) is 21.1. The van der Waals surface area contributed by atoms with Crippen LogP contribution in [0.25, 0.3) is 0 Å². The van der Waals surface area contributed by atoms with E-state index < -0.39 is 11.8 Å². The standard InChI is InChI=1S/C20H33N5O2/c1-19(2,3)14-12-15(23-18(22-14)20(4,5)6)25-10-8-13(9-11-25)24(7)17(27)16(21)26/h12-13H,8-11H2,1-7H3,(H2,21,26). The lowest BCUT2D eigenvalue weighted by atomic mass is 9.90. The van der Waals surface area contributed by atoms with Gasteiger partial charge >= 0.3 is 11.8 Å². The fourth-order valence-corrected chi connectivity index (χ4v) is 3.14. The number of amides is 2. The Hall–Kier alpha value is -2.18. The lowest BCUT2D eigenvalue weighted by Crippen LogP contribution is -2.49. The second-order valence-electron chi connectivity index (χ2n) is 9.43. The highest BCUT2D eigenvalue weighted by atomic mass is 16.2. The molecule has 7 nitrogen and oxygen atoms in total. The van der Waals surface area contributed by atoms with Crippen LogP contribution in [0.1, 0.15) is 65.9 Å². The molecule has 1 aromatic heterocycles. The second-order valence-corrected chi connectivity index (χ2v) is 9.43. The van der Waals surface area contributed by atoms with Crippen molar-refractivity contribution in [3.05, 3.63) is 17.6 Å². The van der Waals surface area contributed by atoms with Crippen LogP contribution in [-0.4, -0.2) is 52.9 Å². The van der Waals surface area contributed by atoms with Gasteiger partial charge in [0, 0.05) is 43.1 Å². The smallest absolute Gasteiger partial charge is 0.311 e. The summed E-state index contributed by atoms with van der Waals surface area (Å²) in [6, 6.07) is 2.10. The van der Waals surface area contributed by atoms with Crippen molar-refractivity contribution in [2.24, 2.45) is 5.73 Å². The predicted octanol–water partition coefficient (Wildman–Crippen LogP) is 1.98. The maximum atomic E-state index is 11.8. The number of likely N-dealkylation sites (N-methyl/N-ethyl adjacent to an activating group) is 1. The van der Waals surface area contributed by atoms with E-state index in [2.05, 4.69) is 52.5 Å². The van der Waals surface area contributed by atoms with Crippen molar-refractivity contribution in [2.75, 3.05) is 25.0 Å². The summed E-state index contributed by atoms with van der Waals surface area (Å²) < 4.78 is 0. The summed E-state index contributed by atoms with van der Waals surface area (Å²) >= 11 is 0. The summed E-state index contributed by atoms with van der Waals surface area (Å²) in [5.74, 6) is 0.246. The van der Waals surface area contributed by atoms with Gasteiger partial charge in [-0.25, -0.2) is 9.97 Å². The maximum Gasteiger partial charge on any atom is 0.311 e. The van der Waals surface area contributed by atoms with Crippen LogP contribution >= 0.6 is 0 Å². The van der Waals surface area contributed by atoms with E-state index in [9.17, 15) is 9.59 Å². The highest BCUT2D eigenvalue weighted by Gasteiger charge is 2.30. The first-order valence-corrected chi connectivity index (χ1v) is 9.52. The largest absolute Gasteiger partial charge is 0.361 e. The van der Waals surface area contributed by atoms with E-state index >= 15 is 0 Å². The third kappa shape index (κ3) is 4.96. The van der Waals surface area contributed by atoms with Crippen LogP contribution in [-0.2, 0) is 20.4 Å². The molecule has 27 heavy (non-hydrogen) atoms. The van der Waals surface area contributed by atoms with Gasteiger partial charge in [-0.1, -0.05) is 41.5 Å². The molecule has 1 aromatic rings. The SMILES string of the molecule is CN(C(=O)C(N)=O)C1CCN(c2cc(C(C)(C)C)nc(C(C)(C)C)n2)CC1. The number of aromatic nitrogens is 2.